The zero-order valence-corrected chi connectivity index (χ0v) is 8.56. The normalized spacial score (nSPS) is 18.6. The van der Waals surface area contributed by atoms with Crippen LogP contribution in [-0.2, 0) is 9.59 Å². The molecular weight excluding hydrogens is 184 g/mol. The van der Waals surface area contributed by atoms with Crippen molar-refractivity contribution >= 4 is 11.9 Å². The Morgan fingerprint density at radius 3 is 2.14 bits per heavy atom. The maximum absolute atomic E-state index is 11.1. The zero-order chi connectivity index (χ0) is 10.7. The van der Waals surface area contributed by atoms with E-state index in [-0.39, 0.29) is 0 Å². The van der Waals surface area contributed by atoms with E-state index in [2.05, 4.69) is 4.90 Å². The Morgan fingerprint density at radius 2 is 1.79 bits per heavy atom. The number of carboxylic acid groups (broad SMARTS) is 1. The van der Waals surface area contributed by atoms with Crippen molar-refractivity contribution in [3.05, 3.63) is 0 Å². The molecule has 1 saturated heterocycles. The average Bonchev–Trinajstić information content (AvgIpc) is 2.16. The van der Waals surface area contributed by atoms with E-state index in [0.29, 0.717) is 19.1 Å². The third-order valence-corrected chi connectivity index (χ3v) is 2.66. The number of carboxylic acids is 1. The lowest BCUT2D eigenvalue weighted by molar-refractivity contribution is -0.156. The first-order chi connectivity index (χ1) is 6.52. The number of amides is 1. The highest BCUT2D eigenvalue weighted by molar-refractivity contribution is 6.31. The van der Waals surface area contributed by atoms with Gasteiger partial charge in [0.2, 0.25) is 0 Å². The summed E-state index contributed by atoms with van der Waals surface area (Å²) < 4.78 is 0. The molecule has 0 bridgehead atoms. The maximum atomic E-state index is 11.1. The van der Waals surface area contributed by atoms with Crippen LogP contribution < -0.4 is 0 Å². The molecule has 0 spiro atoms. The highest BCUT2D eigenvalue weighted by Gasteiger charge is 2.27. The molecule has 5 heteroatoms. The number of likely N-dealkylation sites (tertiary alicyclic amines) is 1. The average molecular weight is 200 g/mol. The third-order valence-electron chi connectivity index (χ3n) is 2.66. The molecule has 0 saturated carbocycles. The number of rotatable bonds is 1. The summed E-state index contributed by atoms with van der Waals surface area (Å²) in [6.45, 7) is 1.10. The summed E-state index contributed by atoms with van der Waals surface area (Å²) >= 11 is 0. The quantitative estimate of drug-likeness (QED) is 0.586. The van der Waals surface area contributed by atoms with Crippen LogP contribution in [0.3, 0.4) is 0 Å². The fraction of sp³-hybridized carbons (Fsp3) is 0.778. The Bertz CT molecular complexity index is 232. The van der Waals surface area contributed by atoms with Crippen LogP contribution >= 0.6 is 0 Å². The molecule has 0 aromatic carbocycles. The summed E-state index contributed by atoms with van der Waals surface area (Å²) in [6.07, 6.45) is 1.71. The van der Waals surface area contributed by atoms with Gasteiger partial charge in [-0.3, -0.25) is 4.79 Å². The van der Waals surface area contributed by atoms with Gasteiger partial charge < -0.3 is 14.9 Å². The monoisotopic (exact) mass is 200 g/mol. The van der Waals surface area contributed by atoms with Crippen molar-refractivity contribution in [1.82, 2.24) is 9.80 Å². The fourth-order valence-electron chi connectivity index (χ4n) is 1.72. The van der Waals surface area contributed by atoms with E-state index in [1.54, 1.807) is 0 Å². The Kier molecular flexibility index (Phi) is 3.46. The van der Waals surface area contributed by atoms with Gasteiger partial charge in [0.15, 0.2) is 0 Å². The largest absolute Gasteiger partial charge is 0.474 e. The summed E-state index contributed by atoms with van der Waals surface area (Å²) in [5.41, 5.74) is 0. The van der Waals surface area contributed by atoms with E-state index >= 15 is 0 Å². The molecule has 14 heavy (non-hydrogen) atoms. The highest BCUT2D eigenvalue weighted by atomic mass is 16.4. The van der Waals surface area contributed by atoms with Crippen LogP contribution in [-0.4, -0.2) is 60.0 Å². The van der Waals surface area contributed by atoms with Crippen molar-refractivity contribution in [1.29, 1.82) is 0 Å². The number of hydrogen-bond donors (Lipinski definition) is 1. The molecular formula is C9H16N2O3. The van der Waals surface area contributed by atoms with E-state index in [9.17, 15) is 9.59 Å². The van der Waals surface area contributed by atoms with E-state index in [1.165, 1.54) is 4.90 Å². The molecule has 0 aliphatic carbocycles. The molecule has 0 aromatic rings. The lowest BCUT2D eigenvalue weighted by Gasteiger charge is -2.34. The van der Waals surface area contributed by atoms with Crippen LogP contribution in [0.5, 0.6) is 0 Å². The molecule has 5 nitrogen and oxygen atoms in total. The van der Waals surface area contributed by atoms with Gasteiger partial charge in [0.05, 0.1) is 0 Å². The summed E-state index contributed by atoms with van der Waals surface area (Å²) in [4.78, 5) is 25.0. The van der Waals surface area contributed by atoms with Gasteiger partial charge in [-0.05, 0) is 26.9 Å². The van der Waals surface area contributed by atoms with Gasteiger partial charge in [0.1, 0.15) is 0 Å². The SMILES string of the molecule is CN(C)C1CCN(C(=O)C(=O)O)CC1. The molecule has 1 rings (SSSR count). The Morgan fingerprint density at radius 1 is 1.29 bits per heavy atom. The van der Waals surface area contributed by atoms with Gasteiger partial charge in [-0.2, -0.15) is 0 Å². The van der Waals surface area contributed by atoms with Gasteiger partial charge in [-0.15, -0.1) is 0 Å². The van der Waals surface area contributed by atoms with Crippen molar-refractivity contribution < 1.29 is 14.7 Å². The number of nitrogens with zero attached hydrogens (tertiary/aromatic N) is 2. The fourth-order valence-corrected chi connectivity index (χ4v) is 1.72. The first-order valence-electron chi connectivity index (χ1n) is 4.71. The van der Waals surface area contributed by atoms with Crippen molar-refractivity contribution in [3.63, 3.8) is 0 Å². The van der Waals surface area contributed by atoms with Gasteiger partial charge in [0, 0.05) is 19.1 Å². The second-order valence-corrected chi connectivity index (χ2v) is 3.79. The molecule has 0 atom stereocenters. The highest BCUT2D eigenvalue weighted by Crippen LogP contribution is 2.13. The minimum Gasteiger partial charge on any atom is -0.474 e. The van der Waals surface area contributed by atoms with Crippen LogP contribution in [0.4, 0.5) is 0 Å². The van der Waals surface area contributed by atoms with Crippen LogP contribution in [0.25, 0.3) is 0 Å². The van der Waals surface area contributed by atoms with Gasteiger partial charge in [0.25, 0.3) is 0 Å². The minimum absolute atomic E-state index is 0.466. The van der Waals surface area contributed by atoms with Crippen molar-refractivity contribution in [3.8, 4) is 0 Å². The molecule has 1 N–H and O–H groups in total. The van der Waals surface area contributed by atoms with Crippen LogP contribution in [0.2, 0.25) is 0 Å². The van der Waals surface area contributed by atoms with Crippen LogP contribution in [0.1, 0.15) is 12.8 Å². The Balaban J connectivity index is 2.43. The minimum atomic E-state index is -1.35. The van der Waals surface area contributed by atoms with E-state index in [1.807, 2.05) is 14.1 Å². The smallest absolute Gasteiger partial charge is 0.394 e. The van der Waals surface area contributed by atoms with Gasteiger partial charge in [-0.25, -0.2) is 4.79 Å². The Hall–Kier alpha value is -1.10. The predicted octanol–water partition coefficient (Wildman–Crippen LogP) is -0.376. The topological polar surface area (TPSA) is 60.9 Å². The number of carbonyl (C=O) groups excluding carboxylic acids is 1. The van der Waals surface area contributed by atoms with E-state index in [4.69, 9.17) is 5.11 Å². The van der Waals surface area contributed by atoms with Crippen LogP contribution in [0.15, 0.2) is 0 Å². The number of hydrogen-bond acceptors (Lipinski definition) is 3. The molecule has 0 radical (unpaired) electrons. The molecule has 1 aliphatic rings. The maximum Gasteiger partial charge on any atom is 0.394 e. The van der Waals surface area contributed by atoms with Crippen molar-refractivity contribution in [2.24, 2.45) is 0 Å². The molecule has 1 aliphatic heterocycles. The van der Waals surface area contributed by atoms with Crippen LogP contribution in [0, 0.1) is 0 Å². The third kappa shape index (κ3) is 2.45. The van der Waals surface area contributed by atoms with Gasteiger partial charge >= 0.3 is 11.9 Å². The number of piperidine rings is 1. The van der Waals surface area contributed by atoms with E-state index < -0.39 is 11.9 Å². The molecule has 1 amide bonds. The first kappa shape index (κ1) is 11.0. The summed E-state index contributed by atoms with van der Waals surface area (Å²) in [7, 11) is 4.00. The lowest BCUT2D eigenvalue weighted by atomic mass is 10.0. The molecule has 0 aromatic heterocycles. The molecule has 1 heterocycles. The molecule has 1 fully saturated rings. The zero-order valence-electron chi connectivity index (χ0n) is 8.56. The Labute approximate surface area is 83.3 Å². The first-order valence-corrected chi connectivity index (χ1v) is 4.71. The second-order valence-electron chi connectivity index (χ2n) is 3.79. The summed E-state index contributed by atoms with van der Waals surface area (Å²) in [5.74, 6) is -2.13. The molecule has 80 valence electrons. The molecule has 0 unspecified atom stereocenters. The summed E-state index contributed by atoms with van der Waals surface area (Å²) in [6, 6.07) is 0.466. The van der Waals surface area contributed by atoms with Crippen molar-refractivity contribution in [2.75, 3.05) is 27.2 Å². The van der Waals surface area contributed by atoms with E-state index in [0.717, 1.165) is 12.8 Å². The van der Waals surface area contributed by atoms with Gasteiger partial charge in [-0.1, -0.05) is 0 Å². The standard InChI is InChI=1S/C9H16N2O3/c1-10(2)7-3-5-11(6-4-7)8(12)9(13)14/h7H,3-6H2,1-2H3,(H,13,14). The lowest BCUT2D eigenvalue weighted by Crippen LogP contribution is -2.46. The summed E-state index contributed by atoms with van der Waals surface area (Å²) in [5, 5.41) is 8.51. The number of aliphatic carboxylic acids is 1. The predicted molar refractivity (Wildman–Crippen MR) is 50.9 cm³/mol. The van der Waals surface area contributed by atoms with Crippen molar-refractivity contribution in [2.45, 2.75) is 18.9 Å². The number of carbonyl (C=O) groups is 2. The second kappa shape index (κ2) is 4.41.